The molecule has 2 nitrogen and oxygen atoms in total. The average molecular weight is 162 g/mol. The second-order valence-electron chi connectivity index (χ2n) is 1.78. The predicted octanol–water partition coefficient (Wildman–Crippen LogP) is -0.634. The van der Waals surface area contributed by atoms with Crippen LogP contribution < -0.4 is 5.46 Å². The third-order valence-electron chi connectivity index (χ3n) is 1.10. The van der Waals surface area contributed by atoms with Crippen molar-refractivity contribution in [3.8, 4) is 0 Å². The molecule has 0 amide bonds. The minimum absolute atomic E-state index is 0. The number of rotatable bonds is 1. The summed E-state index contributed by atoms with van der Waals surface area (Å²) in [6.07, 6.45) is 0. The summed E-state index contributed by atoms with van der Waals surface area (Å²) in [6, 6.07) is 8.66. The second-order valence-corrected chi connectivity index (χ2v) is 1.78. The first-order valence-corrected chi connectivity index (χ1v) is 2.72. The monoisotopic (exact) mass is 162 g/mol. The standard InChI is InChI=1S/C6H7BO2.Ar/c8-7(9)6-4-2-1-3-5-6;/h1-5,8-9H;. The van der Waals surface area contributed by atoms with Crippen molar-refractivity contribution in [2.24, 2.45) is 0 Å². The van der Waals surface area contributed by atoms with Gasteiger partial charge in [0.2, 0.25) is 0 Å². The molecular weight excluding hydrogens is 155 g/mol. The normalized spacial score (nSPS) is 8.20. The minimum atomic E-state index is -1.34. The van der Waals surface area contributed by atoms with Gasteiger partial charge in [-0.25, -0.2) is 0 Å². The molecule has 4 heteroatoms. The van der Waals surface area contributed by atoms with Gasteiger partial charge in [-0.15, -0.1) is 0 Å². The molecule has 1 aromatic carbocycles. The van der Waals surface area contributed by atoms with E-state index in [1.54, 1.807) is 24.3 Å². The molecule has 1 rings (SSSR count). The molecule has 0 aliphatic carbocycles. The SMILES string of the molecule is OB(O)c1ccccc1.[Ar]. The molecule has 0 bridgehead atoms. The van der Waals surface area contributed by atoms with E-state index in [9.17, 15) is 0 Å². The Morgan fingerprint density at radius 2 is 1.50 bits per heavy atom. The Bertz CT molecular complexity index is 178. The Hall–Kier alpha value is 0.465. The van der Waals surface area contributed by atoms with E-state index in [2.05, 4.69) is 0 Å². The Balaban J connectivity index is 0.000000810. The molecule has 10 heavy (non-hydrogen) atoms. The van der Waals surface area contributed by atoms with E-state index in [4.69, 9.17) is 10.0 Å². The maximum absolute atomic E-state index is 8.58. The van der Waals surface area contributed by atoms with Gasteiger partial charge in [0.25, 0.3) is 0 Å². The quantitative estimate of drug-likeness (QED) is 0.539. The average Bonchev–Trinajstić information content (AvgIpc) is 1.90. The fourth-order valence-electron chi connectivity index (χ4n) is 0.625. The van der Waals surface area contributed by atoms with Crippen LogP contribution in [0.5, 0.6) is 0 Å². The molecular formula is C6H7ArBO2. The van der Waals surface area contributed by atoms with Gasteiger partial charge in [0.15, 0.2) is 0 Å². The van der Waals surface area contributed by atoms with Gasteiger partial charge in [-0.1, -0.05) is 30.3 Å². The third kappa shape index (κ3) is 3.04. The number of hydrogen-bond acceptors (Lipinski definition) is 2. The molecule has 0 saturated carbocycles. The van der Waals surface area contributed by atoms with Crippen LogP contribution in [-0.2, 0) is 0 Å². The zero-order chi connectivity index (χ0) is 6.69. The van der Waals surface area contributed by atoms with Crippen LogP contribution in [-0.4, -0.2) is 17.2 Å². The van der Waals surface area contributed by atoms with Crippen molar-refractivity contribution in [3.63, 3.8) is 0 Å². The van der Waals surface area contributed by atoms with Crippen LogP contribution in [0.4, 0.5) is 0 Å². The zero-order valence-corrected chi connectivity index (χ0v) is 5.92. The van der Waals surface area contributed by atoms with Crippen LogP contribution in [0.2, 0.25) is 0 Å². The van der Waals surface area contributed by atoms with Crippen molar-refractivity contribution < 1.29 is 47.8 Å². The van der Waals surface area contributed by atoms with E-state index in [-0.39, 0.29) is 37.7 Å². The summed E-state index contributed by atoms with van der Waals surface area (Å²) < 4.78 is 0. The van der Waals surface area contributed by atoms with Crippen molar-refractivity contribution >= 4 is 12.6 Å². The van der Waals surface area contributed by atoms with Gasteiger partial charge in [0.05, 0.1) is 0 Å². The molecule has 0 unspecified atom stereocenters. The smallest absolute Gasteiger partial charge is 0.423 e. The largest absolute Gasteiger partial charge is 0.488 e. The Kier molecular flexibility index (Phi) is 5.40. The van der Waals surface area contributed by atoms with Crippen molar-refractivity contribution in [2.45, 2.75) is 0 Å². The molecule has 0 atom stereocenters. The first-order chi connectivity index (χ1) is 4.30. The minimum Gasteiger partial charge on any atom is -0.423 e. The molecule has 0 aliphatic rings. The molecule has 0 aliphatic heterocycles. The third-order valence-corrected chi connectivity index (χ3v) is 1.10. The van der Waals surface area contributed by atoms with Gasteiger partial charge in [-0.3, -0.25) is 0 Å². The van der Waals surface area contributed by atoms with Crippen molar-refractivity contribution in [2.75, 3.05) is 0 Å². The molecule has 0 saturated heterocycles. The molecule has 1 aromatic rings. The van der Waals surface area contributed by atoms with E-state index in [0.29, 0.717) is 5.46 Å². The van der Waals surface area contributed by atoms with Crippen LogP contribution >= 0.6 is 0 Å². The Labute approximate surface area is 90.0 Å². The van der Waals surface area contributed by atoms with E-state index < -0.39 is 7.12 Å². The van der Waals surface area contributed by atoms with E-state index in [1.807, 2.05) is 6.07 Å². The predicted molar refractivity (Wildman–Crippen MR) is 36.3 cm³/mol. The van der Waals surface area contributed by atoms with Crippen molar-refractivity contribution in [1.29, 1.82) is 0 Å². The maximum Gasteiger partial charge on any atom is 0.488 e. The van der Waals surface area contributed by atoms with E-state index in [0.717, 1.165) is 0 Å². The van der Waals surface area contributed by atoms with Crippen LogP contribution in [0, 0.1) is 37.7 Å². The van der Waals surface area contributed by atoms with Gasteiger partial charge >= 0.3 is 7.12 Å². The number of benzene rings is 1. The molecule has 2 N–H and O–H groups in total. The Morgan fingerprint density at radius 3 is 1.80 bits per heavy atom. The molecule has 0 fully saturated rings. The van der Waals surface area contributed by atoms with Crippen LogP contribution in [0.3, 0.4) is 0 Å². The van der Waals surface area contributed by atoms with Gasteiger partial charge in [0.1, 0.15) is 0 Å². The summed E-state index contributed by atoms with van der Waals surface area (Å²) in [5, 5.41) is 17.2. The van der Waals surface area contributed by atoms with Gasteiger partial charge in [-0.2, -0.15) is 0 Å². The van der Waals surface area contributed by atoms with Crippen molar-refractivity contribution in [1.82, 2.24) is 0 Å². The molecule has 0 radical (unpaired) electrons. The first kappa shape index (κ1) is 10.5. The summed E-state index contributed by atoms with van der Waals surface area (Å²) in [6.45, 7) is 0. The summed E-state index contributed by atoms with van der Waals surface area (Å²) >= 11 is 0. The summed E-state index contributed by atoms with van der Waals surface area (Å²) in [5.41, 5.74) is 0.525. The zero-order valence-electron chi connectivity index (χ0n) is 5.21. The summed E-state index contributed by atoms with van der Waals surface area (Å²) in [4.78, 5) is 0. The molecule has 0 spiro atoms. The van der Waals surface area contributed by atoms with Gasteiger partial charge in [-0.05, 0) is 5.46 Å². The molecule has 0 heterocycles. The van der Waals surface area contributed by atoms with Crippen LogP contribution in [0.25, 0.3) is 0 Å². The fraction of sp³-hybridized carbons (Fsp3) is 0. The van der Waals surface area contributed by atoms with Gasteiger partial charge in [0, 0.05) is 37.7 Å². The topological polar surface area (TPSA) is 40.5 Å². The second kappa shape index (κ2) is 5.16. The van der Waals surface area contributed by atoms with Gasteiger partial charge < -0.3 is 10.0 Å². The fourth-order valence-corrected chi connectivity index (χ4v) is 0.625. The van der Waals surface area contributed by atoms with E-state index >= 15 is 0 Å². The number of hydrogen-bond donors (Lipinski definition) is 2. The Morgan fingerprint density at radius 1 is 1.00 bits per heavy atom. The maximum atomic E-state index is 8.58. The van der Waals surface area contributed by atoms with Crippen LogP contribution in [0.1, 0.15) is 0 Å². The molecule has 54 valence electrons. The first-order valence-electron chi connectivity index (χ1n) is 2.72. The van der Waals surface area contributed by atoms with Crippen molar-refractivity contribution in [3.05, 3.63) is 30.3 Å². The summed E-state index contributed by atoms with van der Waals surface area (Å²) in [5.74, 6) is 0. The summed E-state index contributed by atoms with van der Waals surface area (Å²) in [7, 11) is -1.34. The van der Waals surface area contributed by atoms with Crippen LogP contribution in [0.15, 0.2) is 30.3 Å². The van der Waals surface area contributed by atoms with E-state index in [1.165, 1.54) is 0 Å². The molecule has 0 aromatic heterocycles.